The van der Waals surface area contributed by atoms with Crippen molar-refractivity contribution in [3.63, 3.8) is 0 Å². The Balaban J connectivity index is 0.00000132. The molecular weight excluding hydrogens is 339 g/mol. The summed E-state index contributed by atoms with van der Waals surface area (Å²) in [6.07, 6.45) is 7.80. The first-order chi connectivity index (χ1) is 10.3. The highest BCUT2D eigenvalue weighted by Gasteiger charge is 2.29. The van der Waals surface area contributed by atoms with Crippen LogP contribution < -0.4 is 11.1 Å². The van der Waals surface area contributed by atoms with Gasteiger partial charge in [0, 0.05) is 38.7 Å². The number of halogens is 2. The van der Waals surface area contributed by atoms with Gasteiger partial charge in [-0.3, -0.25) is 4.79 Å². The number of nitrogens with zero attached hydrogens (tertiary/aromatic N) is 2. The second kappa shape index (κ2) is 9.47. The van der Waals surface area contributed by atoms with Crippen LogP contribution >= 0.6 is 24.8 Å². The molecule has 3 rings (SSSR count). The summed E-state index contributed by atoms with van der Waals surface area (Å²) in [6, 6.07) is 0. The zero-order chi connectivity index (χ0) is 14.7. The standard InChI is InChI=1S/C15H24N4O2.2ClH/c16-9-12-4-5-13(21-12)15(20)17-7-6-11-10-19-8-2-1-3-14(19)18-11;;/h10,12-13H,1-9,16H2,(H,17,20);2*1H/t12-,13+;;/m1../s1. The number of ether oxygens (including phenoxy) is 1. The minimum Gasteiger partial charge on any atom is -0.364 e. The second-order valence-electron chi connectivity index (χ2n) is 5.90. The third kappa shape index (κ3) is 5.08. The van der Waals surface area contributed by atoms with Gasteiger partial charge in [-0.05, 0) is 25.7 Å². The average molecular weight is 365 g/mol. The SMILES string of the molecule is Cl.Cl.NC[C@H]1CC[C@@H](C(=O)NCCc2cn3c(n2)CCCC3)O1. The summed E-state index contributed by atoms with van der Waals surface area (Å²) in [7, 11) is 0. The predicted molar refractivity (Wildman–Crippen MR) is 93.3 cm³/mol. The van der Waals surface area contributed by atoms with Crippen LogP contribution in [-0.2, 0) is 28.9 Å². The average Bonchev–Trinajstić information content (AvgIpc) is 3.13. The van der Waals surface area contributed by atoms with E-state index in [0.29, 0.717) is 13.1 Å². The summed E-state index contributed by atoms with van der Waals surface area (Å²) in [5.41, 5.74) is 6.62. The van der Waals surface area contributed by atoms with E-state index in [1.165, 1.54) is 18.7 Å². The number of carbonyl (C=O) groups is 1. The van der Waals surface area contributed by atoms with Crippen LogP contribution in [0.2, 0.25) is 0 Å². The van der Waals surface area contributed by atoms with Crippen LogP contribution in [0.15, 0.2) is 6.20 Å². The van der Waals surface area contributed by atoms with Gasteiger partial charge in [-0.25, -0.2) is 4.98 Å². The van der Waals surface area contributed by atoms with Crippen LogP contribution in [0, 0.1) is 0 Å². The Morgan fingerprint density at radius 2 is 2.22 bits per heavy atom. The maximum atomic E-state index is 12.0. The third-order valence-corrected chi connectivity index (χ3v) is 4.30. The summed E-state index contributed by atoms with van der Waals surface area (Å²) in [5, 5.41) is 2.94. The van der Waals surface area contributed by atoms with Crippen molar-refractivity contribution in [3.8, 4) is 0 Å². The Bertz CT molecular complexity index is 486. The Morgan fingerprint density at radius 1 is 1.39 bits per heavy atom. The number of hydrogen-bond donors (Lipinski definition) is 2. The minimum atomic E-state index is -0.325. The molecule has 2 aliphatic rings. The fourth-order valence-electron chi connectivity index (χ4n) is 3.09. The molecule has 1 aromatic rings. The van der Waals surface area contributed by atoms with Gasteiger partial charge in [-0.2, -0.15) is 0 Å². The number of hydrogen-bond acceptors (Lipinski definition) is 4. The van der Waals surface area contributed by atoms with Crippen LogP contribution in [0.5, 0.6) is 0 Å². The van der Waals surface area contributed by atoms with E-state index in [9.17, 15) is 4.79 Å². The Morgan fingerprint density at radius 3 is 2.91 bits per heavy atom. The minimum absolute atomic E-state index is 0. The largest absolute Gasteiger partial charge is 0.364 e. The zero-order valence-electron chi connectivity index (χ0n) is 13.2. The van der Waals surface area contributed by atoms with E-state index >= 15 is 0 Å². The number of nitrogens with one attached hydrogen (secondary N) is 1. The van der Waals surface area contributed by atoms with Crippen molar-refractivity contribution < 1.29 is 9.53 Å². The van der Waals surface area contributed by atoms with E-state index in [1.807, 2.05) is 0 Å². The Hall–Kier alpha value is -0.820. The van der Waals surface area contributed by atoms with Crippen LogP contribution in [0.3, 0.4) is 0 Å². The van der Waals surface area contributed by atoms with Crippen molar-refractivity contribution in [2.75, 3.05) is 13.1 Å². The van der Waals surface area contributed by atoms with Gasteiger partial charge >= 0.3 is 0 Å². The first-order valence-corrected chi connectivity index (χ1v) is 7.94. The second-order valence-corrected chi connectivity index (χ2v) is 5.90. The van der Waals surface area contributed by atoms with Crippen molar-refractivity contribution in [3.05, 3.63) is 17.7 Å². The van der Waals surface area contributed by atoms with E-state index in [0.717, 1.165) is 37.9 Å². The smallest absolute Gasteiger partial charge is 0.249 e. The molecule has 0 saturated carbocycles. The summed E-state index contributed by atoms with van der Waals surface area (Å²) in [4.78, 5) is 16.6. The number of amides is 1. The molecular formula is C15H26Cl2N4O2. The Kier molecular flexibility index (Phi) is 8.33. The van der Waals surface area contributed by atoms with E-state index < -0.39 is 0 Å². The fraction of sp³-hybridized carbons (Fsp3) is 0.733. The van der Waals surface area contributed by atoms with Crippen LogP contribution in [0.25, 0.3) is 0 Å². The molecule has 0 bridgehead atoms. The highest BCUT2D eigenvalue weighted by molar-refractivity contribution is 5.85. The molecule has 0 radical (unpaired) electrons. The van der Waals surface area contributed by atoms with Crippen LogP contribution in [0.1, 0.15) is 37.2 Å². The number of rotatable bonds is 5. The van der Waals surface area contributed by atoms with E-state index in [-0.39, 0.29) is 42.9 Å². The van der Waals surface area contributed by atoms with Gasteiger partial charge in [0.05, 0.1) is 11.8 Å². The number of nitrogens with two attached hydrogens (primary N) is 1. The molecule has 8 heteroatoms. The summed E-state index contributed by atoms with van der Waals surface area (Å²) >= 11 is 0. The molecule has 3 heterocycles. The lowest BCUT2D eigenvalue weighted by molar-refractivity contribution is -0.131. The first kappa shape index (κ1) is 20.2. The van der Waals surface area contributed by atoms with Gasteiger partial charge in [0.2, 0.25) is 5.91 Å². The van der Waals surface area contributed by atoms with Crippen molar-refractivity contribution in [2.24, 2.45) is 5.73 Å². The monoisotopic (exact) mass is 364 g/mol. The van der Waals surface area contributed by atoms with Crippen molar-refractivity contribution in [1.29, 1.82) is 0 Å². The van der Waals surface area contributed by atoms with Gasteiger partial charge in [0.15, 0.2) is 0 Å². The quantitative estimate of drug-likeness (QED) is 0.822. The van der Waals surface area contributed by atoms with E-state index in [4.69, 9.17) is 10.5 Å². The summed E-state index contributed by atoms with van der Waals surface area (Å²) < 4.78 is 7.83. The van der Waals surface area contributed by atoms with Gasteiger partial charge in [0.25, 0.3) is 0 Å². The number of aromatic nitrogens is 2. The predicted octanol–water partition coefficient (Wildman–Crippen LogP) is 1.23. The molecule has 1 amide bonds. The number of imidazole rings is 1. The molecule has 0 aliphatic carbocycles. The molecule has 1 saturated heterocycles. The maximum Gasteiger partial charge on any atom is 0.249 e. The molecule has 0 spiro atoms. The van der Waals surface area contributed by atoms with Crippen LogP contribution in [-0.4, -0.2) is 40.8 Å². The van der Waals surface area contributed by atoms with Crippen LogP contribution in [0.4, 0.5) is 0 Å². The summed E-state index contributed by atoms with van der Waals surface area (Å²) in [5.74, 6) is 1.17. The lowest BCUT2D eigenvalue weighted by Gasteiger charge is -2.12. The lowest BCUT2D eigenvalue weighted by Crippen LogP contribution is -2.36. The highest BCUT2D eigenvalue weighted by atomic mass is 35.5. The van der Waals surface area contributed by atoms with Gasteiger partial charge in [0.1, 0.15) is 11.9 Å². The highest BCUT2D eigenvalue weighted by Crippen LogP contribution is 2.19. The van der Waals surface area contributed by atoms with Crippen molar-refractivity contribution in [1.82, 2.24) is 14.9 Å². The third-order valence-electron chi connectivity index (χ3n) is 4.30. The normalized spacial score (nSPS) is 22.7. The molecule has 23 heavy (non-hydrogen) atoms. The van der Waals surface area contributed by atoms with Gasteiger partial charge < -0.3 is 20.4 Å². The van der Waals surface area contributed by atoms with Crippen molar-refractivity contribution in [2.45, 2.75) is 57.3 Å². The molecule has 2 atom stereocenters. The number of aryl methyl sites for hydroxylation is 2. The maximum absolute atomic E-state index is 12.0. The fourth-order valence-corrected chi connectivity index (χ4v) is 3.09. The molecule has 0 unspecified atom stereocenters. The van der Waals surface area contributed by atoms with Gasteiger partial charge in [-0.1, -0.05) is 0 Å². The molecule has 2 aliphatic heterocycles. The molecule has 1 aromatic heterocycles. The first-order valence-electron chi connectivity index (χ1n) is 7.94. The molecule has 0 aromatic carbocycles. The molecule has 132 valence electrons. The molecule has 6 nitrogen and oxygen atoms in total. The topological polar surface area (TPSA) is 82.2 Å². The van der Waals surface area contributed by atoms with Gasteiger partial charge in [-0.15, -0.1) is 24.8 Å². The zero-order valence-corrected chi connectivity index (χ0v) is 14.8. The van der Waals surface area contributed by atoms with E-state index in [2.05, 4.69) is 21.1 Å². The molecule has 3 N–H and O–H groups in total. The lowest BCUT2D eigenvalue weighted by atomic mass is 10.2. The van der Waals surface area contributed by atoms with E-state index in [1.54, 1.807) is 0 Å². The van der Waals surface area contributed by atoms with Crippen molar-refractivity contribution >= 4 is 30.7 Å². The Labute approximate surface area is 149 Å². The molecule has 1 fully saturated rings. The number of carbonyl (C=O) groups excluding carboxylic acids is 1. The number of fused-ring (bicyclic) bond motifs is 1. The summed E-state index contributed by atoms with van der Waals surface area (Å²) in [6.45, 7) is 2.18.